The van der Waals surface area contributed by atoms with Crippen molar-refractivity contribution in [3.63, 3.8) is 0 Å². The summed E-state index contributed by atoms with van der Waals surface area (Å²) in [6.45, 7) is 4.41. The fourth-order valence-corrected chi connectivity index (χ4v) is 1.13. The van der Waals surface area contributed by atoms with Gasteiger partial charge in [-0.05, 0) is 0 Å². The third-order valence-corrected chi connectivity index (χ3v) is 1.85. The van der Waals surface area contributed by atoms with Crippen LogP contribution in [0.1, 0.15) is 58.8 Å². The number of halogens is 1. The van der Waals surface area contributed by atoms with E-state index in [1.165, 1.54) is 44.9 Å². The predicted molar refractivity (Wildman–Crippen MR) is 53.7 cm³/mol. The predicted octanol–water partition coefficient (Wildman–Crippen LogP) is 0.584. The van der Waals surface area contributed by atoms with Crippen molar-refractivity contribution in [2.45, 2.75) is 58.8 Å². The van der Waals surface area contributed by atoms with E-state index in [4.69, 9.17) is 0 Å². The molecule has 0 aliphatic rings. The minimum absolute atomic E-state index is 0. The smallest absolute Gasteiger partial charge is 1.00 e. The molecule has 0 rings (SSSR count). The van der Waals surface area contributed by atoms with Crippen LogP contribution in [-0.2, 0) is 0 Å². The van der Waals surface area contributed by atoms with Crippen LogP contribution in [0.2, 0.25) is 0 Å². The molecule has 0 aliphatic carbocycles. The van der Waals surface area contributed by atoms with E-state index in [1.54, 1.807) is 0 Å². The molecule has 12 heavy (non-hydrogen) atoms. The molecule has 70 valence electrons. The quantitative estimate of drug-likeness (QED) is 0.350. The Labute approximate surface area is 105 Å². The van der Waals surface area contributed by atoms with Crippen molar-refractivity contribution >= 4 is 23.1 Å². The SMILES string of the molecule is C[CH-]CCCCCCCC.[Br-].[Mg+2]. The molecule has 0 saturated heterocycles. The van der Waals surface area contributed by atoms with Gasteiger partial charge in [-0.2, -0.15) is 13.3 Å². The third-order valence-electron chi connectivity index (χ3n) is 1.85. The average Bonchev–Trinajstić information content (AvgIpc) is 1.97. The monoisotopic (exact) mass is 244 g/mol. The molecule has 0 radical (unpaired) electrons. The molecule has 0 spiro atoms. The zero-order chi connectivity index (χ0) is 7.66. The van der Waals surface area contributed by atoms with Crippen LogP contribution in [0.5, 0.6) is 0 Å². The molecule has 0 heterocycles. The fourth-order valence-electron chi connectivity index (χ4n) is 1.13. The van der Waals surface area contributed by atoms with Crippen molar-refractivity contribution in [2.75, 3.05) is 0 Å². The van der Waals surface area contributed by atoms with E-state index in [1.807, 2.05) is 0 Å². The van der Waals surface area contributed by atoms with Crippen LogP contribution >= 0.6 is 0 Å². The van der Waals surface area contributed by atoms with Gasteiger partial charge in [-0.1, -0.05) is 45.4 Å². The van der Waals surface area contributed by atoms with E-state index < -0.39 is 0 Å². The molecular weight excluding hydrogens is 224 g/mol. The van der Waals surface area contributed by atoms with Gasteiger partial charge in [0.25, 0.3) is 0 Å². The Kier molecular flexibility index (Phi) is 28.6. The zero-order valence-electron chi connectivity index (χ0n) is 8.61. The van der Waals surface area contributed by atoms with Crippen LogP contribution in [0, 0.1) is 6.42 Å². The van der Waals surface area contributed by atoms with Crippen molar-refractivity contribution in [2.24, 2.45) is 0 Å². The molecule has 0 fully saturated rings. The van der Waals surface area contributed by atoms with Crippen molar-refractivity contribution in [3.05, 3.63) is 6.42 Å². The summed E-state index contributed by atoms with van der Waals surface area (Å²) in [5.74, 6) is 0. The number of hydrogen-bond donors (Lipinski definition) is 0. The second kappa shape index (κ2) is 18.1. The first-order valence-electron chi connectivity index (χ1n) is 4.69. The molecule has 0 atom stereocenters. The largest absolute Gasteiger partial charge is 2.00 e. The molecular formula is C10H21BrMg. The molecule has 0 amide bonds. The van der Waals surface area contributed by atoms with Gasteiger partial charge < -0.3 is 23.4 Å². The first-order valence-corrected chi connectivity index (χ1v) is 4.69. The van der Waals surface area contributed by atoms with Crippen LogP contribution in [0.15, 0.2) is 0 Å². The standard InChI is InChI=1S/C10H21.BrH.Mg/c1-3-5-7-9-10-8-6-4-2;;/h3H,4-10H2,1-2H3;1H;/q-1;;+2/p-1. The Morgan fingerprint density at radius 1 is 0.917 bits per heavy atom. The summed E-state index contributed by atoms with van der Waals surface area (Å²) in [6, 6.07) is 0. The van der Waals surface area contributed by atoms with Gasteiger partial charge in [0, 0.05) is 0 Å². The minimum atomic E-state index is 0. The molecule has 0 aromatic heterocycles. The molecule has 0 aliphatic heterocycles. The Balaban J connectivity index is -0.000000405. The summed E-state index contributed by atoms with van der Waals surface area (Å²) >= 11 is 0. The molecule has 0 aromatic carbocycles. The summed E-state index contributed by atoms with van der Waals surface area (Å²) in [6.07, 6.45) is 12.1. The maximum absolute atomic E-state index is 2.26. The summed E-state index contributed by atoms with van der Waals surface area (Å²) < 4.78 is 0. The molecule has 0 N–H and O–H groups in total. The van der Waals surface area contributed by atoms with Crippen molar-refractivity contribution in [3.8, 4) is 0 Å². The first kappa shape index (κ1) is 18.9. The van der Waals surface area contributed by atoms with E-state index in [0.29, 0.717) is 0 Å². The van der Waals surface area contributed by atoms with Crippen LogP contribution in [0.3, 0.4) is 0 Å². The van der Waals surface area contributed by atoms with Gasteiger partial charge in [-0.15, -0.1) is 0 Å². The maximum atomic E-state index is 2.26. The summed E-state index contributed by atoms with van der Waals surface area (Å²) in [4.78, 5) is 0. The number of hydrogen-bond acceptors (Lipinski definition) is 0. The van der Waals surface area contributed by atoms with E-state index in [-0.39, 0.29) is 40.0 Å². The Bertz CT molecular complexity index is 49.8. The molecule has 0 bridgehead atoms. The molecule has 0 saturated carbocycles. The topological polar surface area (TPSA) is 0 Å². The fraction of sp³-hybridized carbons (Fsp3) is 0.900. The van der Waals surface area contributed by atoms with Gasteiger partial charge in [0.2, 0.25) is 0 Å². The Hall–Kier alpha value is 1.25. The van der Waals surface area contributed by atoms with Gasteiger partial charge in [-0.25, -0.2) is 0 Å². The maximum Gasteiger partial charge on any atom is 2.00 e. The molecule has 0 nitrogen and oxygen atoms in total. The van der Waals surface area contributed by atoms with Crippen LogP contribution in [-0.4, -0.2) is 23.1 Å². The van der Waals surface area contributed by atoms with E-state index in [0.717, 1.165) is 0 Å². The summed E-state index contributed by atoms with van der Waals surface area (Å²) in [5, 5.41) is 0. The van der Waals surface area contributed by atoms with Crippen molar-refractivity contribution in [1.29, 1.82) is 0 Å². The van der Waals surface area contributed by atoms with Gasteiger partial charge in [-0.3, -0.25) is 0 Å². The second-order valence-electron chi connectivity index (χ2n) is 2.96. The normalized spacial score (nSPS) is 8.50. The Morgan fingerprint density at radius 3 is 1.92 bits per heavy atom. The Morgan fingerprint density at radius 2 is 1.42 bits per heavy atom. The molecule has 0 unspecified atom stereocenters. The average molecular weight is 245 g/mol. The van der Waals surface area contributed by atoms with E-state index in [9.17, 15) is 0 Å². The first-order chi connectivity index (χ1) is 4.91. The van der Waals surface area contributed by atoms with Crippen LogP contribution in [0.4, 0.5) is 0 Å². The van der Waals surface area contributed by atoms with Crippen LogP contribution in [0.25, 0.3) is 0 Å². The van der Waals surface area contributed by atoms with Gasteiger partial charge >= 0.3 is 23.1 Å². The van der Waals surface area contributed by atoms with Gasteiger partial charge in [0.05, 0.1) is 0 Å². The van der Waals surface area contributed by atoms with Gasteiger partial charge in [0.15, 0.2) is 0 Å². The number of rotatable bonds is 7. The van der Waals surface area contributed by atoms with Crippen molar-refractivity contribution < 1.29 is 17.0 Å². The van der Waals surface area contributed by atoms with Gasteiger partial charge in [0.1, 0.15) is 0 Å². The zero-order valence-corrected chi connectivity index (χ0v) is 11.6. The number of unbranched alkanes of at least 4 members (excludes halogenated alkanes) is 7. The summed E-state index contributed by atoms with van der Waals surface area (Å²) in [7, 11) is 0. The van der Waals surface area contributed by atoms with E-state index in [2.05, 4.69) is 20.3 Å². The summed E-state index contributed by atoms with van der Waals surface area (Å²) in [5.41, 5.74) is 0. The van der Waals surface area contributed by atoms with E-state index >= 15 is 0 Å². The minimum Gasteiger partial charge on any atom is -1.00 e. The van der Waals surface area contributed by atoms with Crippen molar-refractivity contribution in [1.82, 2.24) is 0 Å². The second-order valence-corrected chi connectivity index (χ2v) is 2.96. The molecule has 2 heteroatoms. The third kappa shape index (κ3) is 17.4. The molecule has 0 aromatic rings. The van der Waals surface area contributed by atoms with Crippen LogP contribution < -0.4 is 17.0 Å².